The molecule has 2 amide bonds. The van der Waals surface area contributed by atoms with Crippen LogP contribution >= 0.6 is 11.6 Å². The fourth-order valence-electron chi connectivity index (χ4n) is 4.03. The number of hydrogen-bond donors (Lipinski definition) is 3. The van der Waals surface area contributed by atoms with E-state index in [0.29, 0.717) is 21.5 Å². The minimum Gasteiger partial charge on any atom is -0.382 e. The number of alkyl halides is 7. The molecule has 0 saturated carbocycles. The predicted molar refractivity (Wildman–Crippen MR) is 118 cm³/mol. The van der Waals surface area contributed by atoms with E-state index < -0.39 is 100 Å². The van der Waals surface area contributed by atoms with Crippen molar-refractivity contribution < 1.29 is 49.8 Å². The number of nitrogen functional groups attached to an aromatic ring is 1. The highest BCUT2D eigenvalue weighted by molar-refractivity contribution is 6.34. The van der Waals surface area contributed by atoms with Crippen molar-refractivity contribution in [1.82, 2.24) is 24.8 Å². The Morgan fingerprint density at radius 2 is 1.82 bits per heavy atom. The number of benzene rings is 1. The summed E-state index contributed by atoms with van der Waals surface area (Å²) in [7, 11) is 0. The molecule has 1 aliphatic rings. The Morgan fingerprint density at radius 1 is 1.15 bits per heavy atom. The largest absolute Gasteiger partial charge is 0.423 e. The molecule has 2 aromatic heterocycles. The topological polar surface area (TPSA) is 126 Å². The van der Waals surface area contributed by atoms with Crippen molar-refractivity contribution in [2.75, 3.05) is 18.8 Å². The first-order valence-corrected chi connectivity index (χ1v) is 11.1. The van der Waals surface area contributed by atoms with Gasteiger partial charge in [0.05, 0.1) is 34.4 Å². The fourth-order valence-corrected chi connectivity index (χ4v) is 4.27. The summed E-state index contributed by atoms with van der Waals surface area (Å²) in [4.78, 5) is 28.6. The minimum absolute atomic E-state index is 0.362. The minimum atomic E-state index is -5.30. The maximum Gasteiger partial charge on any atom is 0.423 e. The lowest BCUT2D eigenvalue weighted by atomic mass is 10.1. The second-order valence-electron chi connectivity index (χ2n) is 8.44. The second kappa shape index (κ2) is 9.78. The number of carbonyl (C=O) groups is 2. The Hall–Kier alpha value is -3.73. The number of nitrogens with zero attached hydrogens (tertiary/aromatic N) is 4. The molecule has 0 radical (unpaired) electrons. The van der Waals surface area contributed by atoms with Crippen LogP contribution in [0.25, 0.3) is 16.8 Å². The summed E-state index contributed by atoms with van der Waals surface area (Å²) in [5, 5.41) is 14.4. The van der Waals surface area contributed by atoms with Gasteiger partial charge in [-0.05, 0) is 18.2 Å². The van der Waals surface area contributed by atoms with Crippen LogP contribution in [-0.4, -0.2) is 74.0 Å². The molecular formula is C21H15ClF8N6O3. The van der Waals surface area contributed by atoms with E-state index in [-0.39, 0.29) is 0 Å². The van der Waals surface area contributed by atoms with Crippen LogP contribution in [0.15, 0.2) is 24.5 Å². The van der Waals surface area contributed by atoms with Gasteiger partial charge in [0.1, 0.15) is 23.8 Å². The lowest BCUT2D eigenvalue weighted by molar-refractivity contribution is -0.210. The van der Waals surface area contributed by atoms with Gasteiger partial charge in [0.2, 0.25) is 6.10 Å². The molecule has 39 heavy (non-hydrogen) atoms. The Morgan fingerprint density at radius 3 is 2.44 bits per heavy atom. The van der Waals surface area contributed by atoms with E-state index in [1.54, 1.807) is 0 Å². The maximum atomic E-state index is 14.9. The molecule has 3 heterocycles. The van der Waals surface area contributed by atoms with Gasteiger partial charge in [0, 0.05) is 12.1 Å². The first kappa shape index (κ1) is 28.3. The number of rotatable bonds is 4. The molecule has 1 aromatic carbocycles. The second-order valence-corrected chi connectivity index (χ2v) is 8.85. The number of halogens is 9. The number of amides is 2. The number of nitrogens with two attached hydrogens (primary N) is 1. The van der Waals surface area contributed by atoms with Crippen molar-refractivity contribution in [2.24, 2.45) is 0 Å². The number of aromatic nitrogens is 3. The van der Waals surface area contributed by atoms with E-state index in [0.717, 1.165) is 12.4 Å². The highest BCUT2D eigenvalue weighted by atomic mass is 35.5. The van der Waals surface area contributed by atoms with Crippen LogP contribution in [0.2, 0.25) is 5.02 Å². The third-order valence-corrected chi connectivity index (χ3v) is 6.20. The summed E-state index contributed by atoms with van der Waals surface area (Å²) in [5.41, 5.74) is 1.98. The van der Waals surface area contributed by atoms with Crippen LogP contribution in [0, 0.1) is 5.82 Å². The van der Waals surface area contributed by atoms with E-state index in [4.69, 9.17) is 22.4 Å². The van der Waals surface area contributed by atoms with Crippen molar-refractivity contribution in [3.63, 3.8) is 0 Å². The molecule has 4 N–H and O–H groups in total. The molecule has 4 rings (SSSR count). The summed E-state index contributed by atoms with van der Waals surface area (Å²) in [6, 6.07) is 0.356. The SMILES string of the molecule is Nc1ncnn2c(-c3cc(C(=O)N[C@@H]4CN(C(=O)[C@@H](O)C(F)(F)F)C[C@@H]4F)c(Cl)cc3F)cc(C(F)(F)F)c12. The van der Waals surface area contributed by atoms with Crippen molar-refractivity contribution >= 4 is 34.7 Å². The number of nitrogens with one attached hydrogen (secondary N) is 1. The average molecular weight is 587 g/mol. The molecule has 9 nitrogen and oxygen atoms in total. The Bertz CT molecular complexity index is 1460. The molecule has 0 aliphatic carbocycles. The third kappa shape index (κ3) is 5.27. The van der Waals surface area contributed by atoms with Gasteiger partial charge in [-0.15, -0.1) is 0 Å². The summed E-state index contributed by atoms with van der Waals surface area (Å²) >= 11 is 5.95. The smallest absolute Gasteiger partial charge is 0.382 e. The monoisotopic (exact) mass is 586 g/mol. The average Bonchev–Trinajstić information content (AvgIpc) is 3.39. The van der Waals surface area contributed by atoms with E-state index in [9.17, 15) is 44.7 Å². The van der Waals surface area contributed by atoms with Crippen LogP contribution in [0.5, 0.6) is 0 Å². The van der Waals surface area contributed by atoms with Crippen molar-refractivity contribution in [3.8, 4) is 11.3 Å². The van der Waals surface area contributed by atoms with Crippen LogP contribution in [0.4, 0.5) is 40.9 Å². The number of likely N-dealkylation sites (tertiary alicyclic amines) is 1. The van der Waals surface area contributed by atoms with Gasteiger partial charge >= 0.3 is 12.4 Å². The van der Waals surface area contributed by atoms with Gasteiger partial charge in [-0.3, -0.25) is 9.59 Å². The Kier molecular flexibility index (Phi) is 7.09. The Labute approximate surface area is 217 Å². The predicted octanol–water partition coefficient (Wildman–Crippen LogP) is 2.99. The zero-order valence-corrected chi connectivity index (χ0v) is 19.7. The van der Waals surface area contributed by atoms with Gasteiger partial charge < -0.3 is 21.1 Å². The Balaban J connectivity index is 1.66. The van der Waals surface area contributed by atoms with Crippen molar-refractivity contribution in [3.05, 3.63) is 46.5 Å². The van der Waals surface area contributed by atoms with Gasteiger partial charge in [0.15, 0.2) is 5.82 Å². The van der Waals surface area contributed by atoms with Crippen LogP contribution in [-0.2, 0) is 11.0 Å². The van der Waals surface area contributed by atoms with Crippen molar-refractivity contribution in [1.29, 1.82) is 0 Å². The molecule has 1 aliphatic heterocycles. The standard InChI is InChI=1S/C21H15ClF8N6O3/c22-10-3-11(23)8(14-2-9(20(25,26)27)15-17(31)32-6-33-36(14)15)1-7(10)18(38)34-13-5-35(4-12(13)24)19(39)16(37)21(28,29)30/h1-3,6,12-13,16,37H,4-5H2,(H,34,38)(H2,31,32,33)/t12-,13+,16+/m0/s1. The number of fused-ring (bicyclic) bond motifs is 1. The molecule has 18 heteroatoms. The molecule has 0 spiro atoms. The summed E-state index contributed by atoms with van der Waals surface area (Å²) in [6.45, 7) is -1.63. The highest BCUT2D eigenvalue weighted by Crippen LogP contribution is 2.40. The number of anilines is 1. The van der Waals surface area contributed by atoms with E-state index in [2.05, 4.69) is 15.4 Å². The molecule has 3 aromatic rings. The molecule has 210 valence electrons. The number of aliphatic hydroxyl groups is 1. The van der Waals surface area contributed by atoms with Crippen LogP contribution in [0.3, 0.4) is 0 Å². The van der Waals surface area contributed by atoms with Gasteiger partial charge in [-0.1, -0.05) is 11.6 Å². The summed E-state index contributed by atoms with van der Waals surface area (Å²) in [5.74, 6) is -4.73. The number of aliphatic hydroxyl groups excluding tert-OH is 1. The number of hydrogen-bond acceptors (Lipinski definition) is 6. The molecule has 3 atom stereocenters. The first-order valence-electron chi connectivity index (χ1n) is 10.7. The summed E-state index contributed by atoms with van der Waals surface area (Å²) < 4.78 is 109. The lowest BCUT2D eigenvalue weighted by Gasteiger charge is -2.21. The zero-order valence-electron chi connectivity index (χ0n) is 19.0. The number of carbonyl (C=O) groups excluding carboxylic acids is 2. The quantitative estimate of drug-likeness (QED) is 0.404. The lowest BCUT2D eigenvalue weighted by Crippen LogP contribution is -2.47. The van der Waals surface area contributed by atoms with E-state index in [1.165, 1.54) is 0 Å². The third-order valence-electron chi connectivity index (χ3n) is 5.89. The van der Waals surface area contributed by atoms with E-state index >= 15 is 0 Å². The van der Waals surface area contributed by atoms with E-state index in [1.807, 2.05) is 0 Å². The van der Waals surface area contributed by atoms with Gasteiger partial charge in [0.25, 0.3) is 11.8 Å². The maximum absolute atomic E-state index is 14.9. The fraction of sp³-hybridized carbons (Fsp3) is 0.333. The van der Waals surface area contributed by atoms with Gasteiger partial charge in [-0.25, -0.2) is 18.3 Å². The highest BCUT2D eigenvalue weighted by Gasteiger charge is 2.48. The summed E-state index contributed by atoms with van der Waals surface area (Å²) in [6.07, 6.45) is -14.9. The molecule has 0 bridgehead atoms. The molecule has 0 unspecified atom stereocenters. The zero-order chi connectivity index (χ0) is 29.0. The van der Waals surface area contributed by atoms with Crippen molar-refractivity contribution in [2.45, 2.75) is 30.7 Å². The van der Waals surface area contributed by atoms with Crippen LogP contribution in [0.1, 0.15) is 15.9 Å². The molecule has 1 fully saturated rings. The first-order chi connectivity index (χ1) is 18.0. The molecular weight excluding hydrogens is 572 g/mol. The van der Waals surface area contributed by atoms with Gasteiger partial charge in [-0.2, -0.15) is 31.4 Å². The normalized spacial score (nSPS) is 19.0. The molecule has 1 saturated heterocycles. The van der Waals surface area contributed by atoms with Crippen LogP contribution < -0.4 is 11.1 Å².